The second-order valence-corrected chi connectivity index (χ2v) is 3.45. The molecule has 66 valence electrons. The van der Waals surface area contributed by atoms with Gasteiger partial charge < -0.3 is 9.53 Å². The van der Waals surface area contributed by atoms with Crippen molar-refractivity contribution in [1.82, 2.24) is 0 Å². The minimum Gasteiger partial charge on any atom is -0.374 e. The first kappa shape index (κ1) is 10.5. The standard InChI is InChI=1S/C5H10O5S/c6-2-4-10-3-1-5-11(7,8)9/h2H,1,3-5H2,(H,7,8,9). The number of hydrogen-bond donors (Lipinski definition) is 1. The van der Waals surface area contributed by atoms with Gasteiger partial charge in [-0.25, -0.2) is 0 Å². The molecule has 1 N–H and O–H groups in total. The fraction of sp³-hybridized carbons (Fsp3) is 0.800. The molecule has 0 heterocycles. The number of carbonyl (C=O) groups is 1. The molecule has 0 aromatic rings. The first-order valence-electron chi connectivity index (χ1n) is 3.03. The van der Waals surface area contributed by atoms with Crippen molar-refractivity contribution < 1.29 is 22.5 Å². The molecule has 0 amide bonds. The second kappa shape index (κ2) is 5.22. The molecule has 6 heteroatoms. The van der Waals surface area contributed by atoms with Gasteiger partial charge in [0.15, 0.2) is 0 Å². The van der Waals surface area contributed by atoms with Crippen LogP contribution in [0.15, 0.2) is 0 Å². The lowest BCUT2D eigenvalue weighted by atomic mass is 10.5. The summed E-state index contributed by atoms with van der Waals surface area (Å²) in [5.41, 5.74) is 0. The molecule has 0 saturated carbocycles. The van der Waals surface area contributed by atoms with Crippen molar-refractivity contribution in [2.45, 2.75) is 6.42 Å². The molecular formula is C5H10O5S. The summed E-state index contributed by atoms with van der Waals surface area (Å²) < 4.78 is 33.0. The lowest BCUT2D eigenvalue weighted by molar-refractivity contribution is -0.111. The van der Waals surface area contributed by atoms with Crippen molar-refractivity contribution in [3.63, 3.8) is 0 Å². The van der Waals surface area contributed by atoms with Crippen LogP contribution in [0.5, 0.6) is 0 Å². The Hall–Kier alpha value is -0.460. The molecule has 0 unspecified atom stereocenters. The number of aldehydes is 1. The number of hydrogen-bond acceptors (Lipinski definition) is 4. The van der Waals surface area contributed by atoms with Crippen molar-refractivity contribution in [2.75, 3.05) is 19.0 Å². The van der Waals surface area contributed by atoms with E-state index in [2.05, 4.69) is 4.74 Å². The van der Waals surface area contributed by atoms with E-state index in [1.807, 2.05) is 0 Å². The Bertz CT molecular complexity index is 195. The van der Waals surface area contributed by atoms with Gasteiger partial charge in [-0.05, 0) is 6.42 Å². The van der Waals surface area contributed by atoms with Crippen LogP contribution < -0.4 is 0 Å². The molecule has 0 rings (SSSR count). The van der Waals surface area contributed by atoms with Crippen LogP contribution in [0.4, 0.5) is 0 Å². The highest BCUT2D eigenvalue weighted by Gasteiger charge is 2.02. The molecule has 0 aromatic heterocycles. The van der Waals surface area contributed by atoms with Gasteiger partial charge in [0, 0.05) is 6.61 Å². The molecule has 0 fully saturated rings. The van der Waals surface area contributed by atoms with Crippen LogP contribution in [0, 0.1) is 0 Å². The first-order chi connectivity index (χ1) is 5.06. The first-order valence-corrected chi connectivity index (χ1v) is 4.64. The summed E-state index contributed by atoms with van der Waals surface area (Å²) in [7, 11) is -3.88. The zero-order chi connectivity index (χ0) is 8.74. The Morgan fingerprint density at radius 3 is 2.55 bits per heavy atom. The van der Waals surface area contributed by atoms with Crippen LogP contribution in [0.25, 0.3) is 0 Å². The molecular weight excluding hydrogens is 172 g/mol. The van der Waals surface area contributed by atoms with E-state index in [-0.39, 0.29) is 25.4 Å². The van der Waals surface area contributed by atoms with E-state index in [1.54, 1.807) is 0 Å². The van der Waals surface area contributed by atoms with E-state index in [0.29, 0.717) is 6.29 Å². The monoisotopic (exact) mass is 182 g/mol. The Kier molecular flexibility index (Phi) is 5.01. The molecule has 0 spiro atoms. The molecule has 0 radical (unpaired) electrons. The van der Waals surface area contributed by atoms with Gasteiger partial charge in [0.25, 0.3) is 10.1 Å². The Morgan fingerprint density at radius 2 is 2.09 bits per heavy atom. The van der Waals surface area contributed by atoms with Crippen molar-refractivity contribution in [3.05, 3.63) is 0 Å². The molecule has 0 aromatic carbocycles. The Labute approximate surface area is 65.1 Å². The van der Waals surface area contributed by atoms with Gasteiger partial charge in [0.1, 0.15) is 12.9 Å². The molecule has 0 aliphatic carbocycles. The smallest absolute Gasteiger partial charge is 0.264 e. The fourth-order valence-electron chi connectivity index (χ4n) is 0.475. The van der Waals surface area contributed by atoms with Gasteiger partial charge in [0.2, 0.25) is 0 Å². The normalized spacial score (nSPS) is 11.4. The van der Waals surface area contributed by atoms with E-state index in [9.17, 15) is 13.2 Å². The molecule has 0 aliphatic rings. The lowest BCUT2D eigenvalue weighted by Crippen LogP contribution is -2.07. The van der Waals surface area contributed by atoms with E-state index in [1.165, 1.54) is 0 Å². The minimum atomic E-state index is -3.88. The summed E-state index contributed by atoms with van der Waals surface area (Å²) in [5.74, 6) is -0.328. The quantitative estimate of drug-likeness (QED) is 0.339. The summed E-state index contributed by atoms with van der Waals surface area (Å²) in [6.07, 6.45) is 0.778. The maximum absolute atomic E-state index is 10.1. The lowest BCUT2D eigenvalue weighted by Gasteiger charge is -1.97. The van der Waals surface area contributed by atoms with E-state index in [0.717, 1.165) is 0 Å². The highest BCUT2D eigenvalue weighted by atomic mass is 32.2. The van der Waals surface area contributed by atoms with Crippen LogP contribution in [0.3, 0.4) is 0 Å². The SMILES string of the molecule is O=CCOCCCS(=O)(=O)O. The zero-order valence-electron chi connectivity index (χ0n) is 5.89. The number of rotatable bonds is 6. The zero-order valence-corrected chi connectivity index (χ0v) is 6.71. The highest BCUT2D eigenvalue weighted by Crippen LogP contribution is 1.88. The van der Waals surface area contributed by atoms with Gasteiger partial charge in [-0.3, -0.25) is 4.55 Å². The van der Waals surface area contributed by atoms with Crippen LogP contribution in [0.1, 0.15) is 6.42 Å². The van der Waals surface area contributed by atoms with Gasteiger partial charge >= 0.3 is 0 Å². The van der Waals surface area contributed by atoms with Crippen LogP contribution in [-0.2, 0) is 19.6 Å². The molecule has 5 nitrogen and oxygen atoms in total. The maximum Gasteiger partial charge on any atom is 0.264 e. The van der Waals surface area contributed by atoms with E-state index in [4.69, 9.17) is 4.55 Å². The summed E-state index contributed by atoms with van der Waals surface area (Å²) >= 11 is 0. The van der Waals surface area contributed by atoms with Crippen molar-refractivity contribution >= 4 is 16.4 Å². The average molecular weight is 182 g/mol. The largest absolute Gasteiger partial charge is 0.374 e. The molecule has 0 aliphatic heterocycles. The summed E-state index contributed by atoms with van der Waals surface area (Å²) in [6, 6.07) is 0. The molecule has 0 atom stereocenters. The fourth-order valence-corrected chi connectivity index (χ4v) is 0.957. The third kappa shape index (κ3) is 9.54. The van der Waals surface area contributed by atoms with Crippen molar-refractivity contribution in [2.24, 2.45) is 0 Å². The predicted molar refractivity (Wildman–Crippen MR) is 37.9 cm³/mol. The number of ether oxygens (including phenoxy) is 1. The predicted octanol–water partition coefficient (Wildman–Crippen LogP) is -0.520. The van der Waals surface area contributed by atoms with Crippen LogP contribution >= 0.6 is 0 Å². The number of carbonyl (C=O) groups excluding carboxylic acids is 1. The Morgan fingerprint density at radius 1 is 1.45 bits per heavy atom. The van der Waals surface area contributed by atoms with Crippen LogP contribution in [0.2, 0.25) is 0 Å². The van der Waals surface area contributed by atoms with Crippen molar-refractivity contribution in [3.8, 4) is 0 Å². The van der Waals surface area contributed by atoms with Gasteiger partial charge in [0.05, 0.1) is 5.75 Å². The highest BCUT2D eigenvalue weighted by molar-refractivity contribution is 7.85. The van der Waals surface area contributed by atoms with E-state index < -0.39 is 10.1 Å². The maximum atomic E-state index is 10.1. The average Bonchev–Trinajstić information content (AvgIpc) is 1.85. The van der Waals surface area contributed by atoms with Gasteiger partial charge in [-0.15, -0.1) is 0 Å². The summed E-state index contributed by atoms with van der Waals surface area (Å²) in [6.45, 7) is 0.129. The van der Waals surface area contributed by atoms with Gasteiger partial charge in [-0.2, -0.15) is 8.42 Å². The molecule has 0 bridgehead atoms. The third-order valence-electron chi connectivity index (χ3n) is 0.877. The summed E-state index contributed by atoms with van der Waals surface area (Å²) in [4.78, 5) is 9.67. The molecule has 0 saturated heterocycles. The van der Waals surface area contributed by atoms with E-state index >= 15 is 0 Å². The summed E-state index contributed by atoms with van der Waals surface area (Å²) in [5, 5.41) is 0. The van der Waals surface area contributed by atoms with Crippen LogP contribution in [-0.4, -0.2) is 38.2 Å². The van der Waals surface area contributed by atoms with Gasteiger partial charge in [-0.1, -0.05) is 0 Å². The Balaban J connectivity index is 3.22. The second-order valence-electron chi connectivity index (χ2n) is 1.88. The van der Waals surface area contributed by atoms with Crippen molar-refractivity contribution in [1.29, 1.82) is 0 Å². The third-order valence-corrected chi connectivity index (χ3v) is 1.68. The minimum absolute atomic E-state index is 0.0362. The molecule has 11 heavy (non-hydrogen) atoms. The topological polar surface area (TPSA) is 80.7 Å².